The summed E-state index contributed by atoms with van der Waals surface area (Å²) in [5, 5.41) is 7.48. The number of hydrogen-bond acceptors (Lipinski definition) is 3. The van der Waals surface area contributed by atoms with Crippen molar-refractivity contribution in [1.82, 2.24) is 10.6 Å². The molecule has 2 aromatic carbocycles. The van der Waals surface area contributed by atoms with Gasteiger partial charge in [-0.05, 0) is 28.8 Å². The Morgan fingerprint density at radius 1 is 1.05 bits per heavy atom. The largest absolute Gasteiger partial charge is 0.338 e. The molecule has 0 saturated heterocycles. The highest BCUT2D eigenvalue weighted by molar-refractivity contribution is 7.85. The van der Waals surface area contributed by atoms with Gasteiger partial charge in [-0.25, -0.2) is 4.79 Å². The Kier molecular flexibility index (Phi) is 5.35. The molecule has 7 heteroatoms. The van der Waals surface area contributed by atoms with E-state index in [2.05, 4.69) is 10.6 Å². The van der Waals surface area contributed by atoms with E-state index in [0.29, 0.717) is 6.54 Å². The molecule has 118 valence electrons. The summed E-state index contributed by atoms with van der Waals surface area (Å²) in [7, 11) is -3.97. The zero-order valence-corrected chi connectivity index (χ0v) is 12.8. The number of carbonyl (C=O) groups is 1. The lowest BCUT2D eigenvalue weighted by Gasteiger charge is -2.08. The molecular weight excluding hydrogens is 304 g/mol. The van der Waals surface area contributed by atoms with Crippen LogP contribution in [0.1, 0.15) is 12.0 Å². The standard InChI is InChI=1S/C15H18N2O4S/c18-15(16-8-3-9-22(19,20)21)17-11-12-6-7-13-4-1-2-5-14(13)10-12/h1-2,4-7,10H,3,8-9,11H2,(H2,16,17,18)(H,19,20,21). The Balaban J connectivity index is 1.77. The topological polar surface area (TPSA) is 95.5 Å². The van der Waals surface area contributed by atoms with Crippen LogP contribution in [-0.4, -0.2) is 31.3 Å². The average Bonchev–Trinajstić information content (AvgIpc) is 2.48. The molecule has 0 fully saturated rings. The van der Waals surface area contributed by atoms with Crippen molar-refractivity contribution in [3.05, 3.63) is 48.0 Å². The summed E-state index contributed by atoms with van der Waals surface area (Å²) in [5.74, 6) is -0.363. The van der Waals surface area contributed by atoms with Crippen LogP contribution in [0.4, 0.5) is 4.79 Å². The lowest BCUT2D eigenvalue weighted by Crippen LogP contribution is -2.36. The maximum absolute atomic E-state index is 11.6. The summed E-state index contributed by atoms with van der Waals surface area (Å²) in [4.78, 5) is 11.6. The van der Waals surface area contributed by atoms with Gasteiger partial charge in [-0.15, -0.1) is 0 Å². The first-order chi connectivity index (χ1) is 10.4. The second-order valence-corrected chi connectivity index (χ2v) is 6.50. The van der Waals surface area contributed by atoms with Crippen LogP contribution < -0.4 is 10.6 Å². The van der Waals surface area contributed by atoms with Gasteiger partial charge in [0, 0.05) is 13.1 Å². The Labute approximate surface area is 129 Å². The summed E-state index contributed by atoms with van der Waals surface area (Å²) in [6.45, 7) is 0.568. The SMILES string of the molecule is O=C(NCCCS(=O)(=O)O)NCc1ccc2ccccc2c1. The van der Waals surface area contributed by atoms with Crippen molar-refractivity contribution in [2.24, 2.45) is 0 Å². The molecule has 3 N–H and O–H groups in total. The van der Waals surface area contributed by atoms with Crippen molar-refractivity contribution >= 4 is 26.9 Å². The summed E-state index contributed by atoms with van der Waals surface area (Å²) in [6, 6.07) is 13.5. The molecule has 2 amide bonds. The van der Waals surface area contributed by atoms with Crippen molar-refractivity contribution in [2.75, 3.05) is 12.3 Å². The first kappa shape index (κ1) is 16.3. The number of urea groups is 1. The zero-order valence-electron chi connectivity index (χ0n) is 12.0. The van der Waals surface area contributed by atoms with Crippen LogP contribution in [0, 0.1) is 0 Å². The number of fused-ring (bicyclic) bond motifs is 1. The summed E-state index contributed by atoms with van der Waals surface area (Å²) < 4.78 is 29.6. The molecule has 0 bridgehead atoms. The van der Waals surface area contributed by atoms with E-state index in [4.69, 9.17) is 4.55 Å². The molecule has 22 heavy (non-hydrogen) atoms. The fraction of sp³-hybridized carbons (Fsp3) is 0.267. The summed E-state index contributed by atoms with van der Waals surface area (Å²) >= 11 is 0. The molecular formula is C15H18N2O4S. The first-order valence-corrected chi connectivity index (χ1v) is 8.49. The smallest absolute Gasteiger partial charge is 0.315 e. The normalized spacial score (nSPS) is 11.3. The lowest BCUT2D eigenvalue weighted by molar-refractivity contribution is 0.240. The molecule has 6 nitrogen and oxygen atoms in total. The Morgan fingerprint density at radius 2 is 1.77 bits per heavy atom. The molecule has 2 rings (SSSR count). The summed E-state index contributed by atoms with van der Waals surface area (Å²) in [6.07, 6.45) is 0.169. The number of rotatable bonds is 6. The van der Waals surface area contributed by atoms with Gasteiger partial charge >= 0.3 is 6.03 Å². The van der Waals surface area contributed by atoms with Gasteiger partial charge in [0.05, 0.1) is 5.75 Å². The maximum Gasteiger partial charge on any atom is 0.315 e. The van der Waals surface area contributed by atoms with Gasteiger partial charge in [0.25, 0.3) is 10.1 Å². The number of carbonyl (C=O) groups excluding carboxylic acids is 1. The summed E-state index contributed by atoms with van der Waals surface area (Å²) in [5.41, 5.74) is 0.979. The van der Waals surface area contributed by atoms with E-state index in [9.17, 15) is 13.2 Å². The van der Waals surface area contributed by atoms with Crippen LogP contribution in [0.2, 0.25) is 0 Å². The molecule has 0 spiro atoms. The van der Waals surface area contributed by atoms with Gasteiger partial charge in [-0.3, -0.25) is 4.55 Å². The minimum atomic E-state index is -3.97. The van der Waals surface area contributed by atoms with E-state index in [-0.39, 0.29) is 24.7 Å². The van der Waals surface area contributed by atoms with E-state index >= 15 is 0 Å². The molecule has 0 aliphatic heterocycles. The third-order valence-electron chi connectivity index (χ3n) is 3.13. The Hall–Kier alpha value is -2.12. The highest BCUT2D eigenvalue weighted by Crippen LogP contribution is 2.15. The van der Waals surface area contributed by atoms with Crippen molar-refractivity contribution in [3.63, 3.8) is 0 Å². The fourth-order valence-corrected chi connectivity index (χ4v) is 2.56. The fourth-order valence-electron chi connectivity index (χ4n) is 2.05. The average molecular weight is 322 g/mol. The van der Waals surface area contributed by atoms with E-state index in [1.54, 1.807) is 0 Å². The number of amides is 2. The molecule has 0 atom stereocenters. The predicted molar refractivity (Wildman–Crippen MR) is 85.2 cm³/mol. The van der Waals surface area contributed by atoms with Gasteiger partial charge in [0.1, 0.15) is 0 Å². The van der Waals surface area contributed by atoms with Gasteiger partial charge in [-0.2, -0.15) is 8.42 Å². The van der Waals surface area contributed by atoms with Crippen LogP contribution >= 0.6 is 0 Å². The van der Waals surface area contributed by atoms with E-state index < -0.39 is 10.1 Å². The highest BCUT2D eigenvalue weighted by Gasteiger charge is 2.05. The van der Waals surface area contributed by atoms with Crippen molar-refractivity contribution in [2.45, 2.75) is 13.0 Å². The van der Waals surface area contributed by atoms with Crippen LogP contribution in [0.25, 0.3) is 10.8 Å². The molecule has 0 aliphatic carbocycles. The maximum atomic E-state index is 11.6. The Morgan fingerprint density at radius 3 is 2.50 bits per heavy atom. The van der Waals surface area contributed by atoms with Crippen LogP contribution in [0.15, 0.2) is 42.5 Å². The molecule has 0 aromatic heterocycles. The van der Waals surface area contributed by atoms with Gasteiger partial charge in [0.2, 0.25) is 0 Å². The minimum Gasteiger partial charge on any atom is -0.338 e. The van der Waals surface area contributed by atoms with E-state index in [0.717, 1.165) is 16.3 Å². The highest BCUT2D eigenvalue weighted by atomic mass is 32.2. The monoisotopic (exact) mass is 322 g/mol. The van der Waals surface area contributed by atoms with Gasteiger partial charge in [0.15, 0.2) is 0 Å². The van der Waals surface area contributed by atoms with Gasteiger partial charge < -0.3 is 10.6 Å². The molecule has 0 heterocycles. The Bertz CT molecular complexity index is 759. The second kappa shape index (κ2) is 7.24. The van der Waals surface area contributed by atoms with Crippen LogP contribution in [-0.2, 0) is 16.7 Å². The zero-order chi connectivity index (χ0) is 16.0. The number of benzene rings is 2. The van der Waals surface area contributed by atoms with E-state index in [1.807, 2.05) is 42.5 Å². The molecule has 0 unspecified atom stereocenters. The first-order valence-electron chi connectivity index (χ1n) is 6.88. The number of nitrogens with one attached hydrogen (secondary N) is 2. The molecule has 2 aromatic rings. The second-order valence-electron chi connectivity index (χ2n) is 4.93. The van der Waals surface area contributed by atoms with Crippen molar-refractivity contribution < 1.29 is 17.8 Å². The third-order valence-corrected chi connectivity index (χ3v) is 3.94. The molecule has 0 radical (unpaired) electrons. The van der Waals surface area contributed by atoms with Crippen molar-refractivity contribution in [1.29, 1.82) is 0 Å². The van der Waals surface area contributed by atoms with Crippen molar-refractivity contribution in [3.8, 4) is 0 Å². The van der Waals surface area contributed by atoms with Crippen LogP contribution in [0.5, 0.6) is 0 Å². The predicted octanol–water partition coefficient (Wildman–Crippen LogP) is 1.92. The quantitative estimate of drug-likeness (QED) is 0.559. The number of hydrogen-bond donors (Lipinski definition) is 3. The minimum absolute atomic E-state index is 0.169. The van der Waals surface area contributed by atoms with Gasteiger partial charge in [-0.1, -0.05) is 36.4 Å². The third kappa shape index (κ3) is 5.34. The van der Waals surface area contributed by atoms with E-state index in [1.165, 1.54) is 0 Å². The molecule has 0 aliphatic rings. The van der Waals surface area contributed by atoms with Crippen LogP contribution in [0.3, 0.4) is 0 Å². The molecule has 0 saturated carbocycles. The lowest BCUT2D eigenvalue weighted by atomic mass is 10.1.